The lowest BCUT2D eigenvalue weighted by molar-refractivity contribution is -0.384. The number of ketones is 1. The van der Waals surface area contributed by atoms with Crippen LogP contribution in [0.1, 0.15) is 43.1 Å². The number of benzene rings is 2. The Hall–Kier alpha value is -3.39. The molecule has 2 amide bonds. The number of fused-ring (bicyclic) bond motifs is 1. The van der Waals surface area contributed by atoms with Crippen molar-refractivity contribution in [1.82, 2.24) is 4.90 Å². The second kappa shape index (κ2) is 6.85. The average molecular weight is 354 g/mol. The zero-order valence-corrected chi connectivity index (χ0v) is 13.5. The number of non-ortho nitro benzene ring substituents is 1. The number of rotatable bonds is 6. The molecule has 1 N–H and O–H groups in total. The van der Waals surface area contributed by atoms with E-state index in [-0.39, 0.29) is 47.5 Å². The Bertz CT molecular complexity index is 937. The zero-order valence-electron chi connectivity index (χ0n) is 13.5. The zero-order chi connectivity index (χ0) is 18.8. The van der Waals surface area contributed by atoms with Gasteiger partial charge in [-0.15, -0.1) is 0 Å². The molecule has 0 aromatic heterocycles. The predicted octanol–water partition coefficient (Wildman–Crippen LogP) is 1.80. The molecule has 2 aromatic carbocycles. The second-order valence-electron chi connectivity index (χ2n) is 5.74. The van der Waals surface area contributed by atoms with Crippen molar-refractivity contribution < 1.29 is 24.4 Å². The van der Waals surface area contributed by atoms with Crippen LogP contribution in [0.15, 0.2) is 42.5 Å². The molecule has 132 valence electrons. The molecule has 1 heterocycles. The van der Waals surface area contributed by atoms with Gasteiger partial charge in [0.05, 0.1) is 16.1 Å². The molecule has 0 unspecified atom stereocenters. The summed E-state index contributed by atoms with van der Waals surface area (Å²) in [5.74, 6) is -1.47. The van der Waals surface area contributed by atoms with Gasteiger partial charge in [-0.25, -0.2) is 0 Å². The molecule has 8 heteroatoms. The highest BCUT2D eigenvalue weighted by Gasteiger charge is 2.35. The molecule has 3 rings (SSSR count). The largest absolute Gasteiger partial charge is 0.396 e. The molecule has 1 aliphatic rings. The molecule has 0 aliphatic carbocycles. The molecule has 0 bridgehead atoms. The topological polar surface area (TPSA) is 118 Å². The van der Waals surface area contributed by atoms with Crippen molar-refractivity contribution in [2.75, 3.05) is 13.2 Å². The minimum absolute atomic E-state index is 0.0943. The molecule has 2 aromatic rings. The van der Waals surface area contributed by atoms with E-state index in [0.717, 1.165) is 11.0 Å². The number of aliphatic hydroxyl groups is 1. The van der Waals surface area contributed by atoms with Gasteiger partial charge in [0.15, 0.2) is 5.78 Å². The fourth-order valence-electron chi connectivity index (χ4n) is 2.79. The fourth-order valence-corrected chi connectivity index (χ4v) is 2.79. The summed E-state index contributed by atoms with van der Waals surface area (Å²) in [6, 6.07) is 9.44. The van der Waals surface area contributed by atoms with Gasteiger partial charge in [0.1, 0.15) is 0 Å². The van der Waals surface area contributed by atoms with Gasteiger partial charge in [-0.2, -0.15) is 0 Å². The van der Waals surface area contributed by atoms with E-state index < -0.39 is 22.5 Å². The first-order chi connectivity index (χ1) is 12.4. The minimum Gasteiger partial charge on any atom is -0.396 e. The average Bonchev–Trinajstić information content (AvgIpc) is 2.89. The van der Waals surface area contributed by atoms with E-state index in [1.807, 2.05) is 0 Å². The van der Waals surface area contributed by atoms with E-state index in [1.54, 1.807) is 0 Å². The smallest absolute Gasteiger partial charge is 0.270 e. The van der Waals surface area contributed by atoms with Gasteiger partial charge < -0.3 is 5.11 Å². The van der Waals surface area contributed by atoms with Crippen LogP contribution in [0.5, 0.6) is 0 Å². The van der Waals surface area contributed by atoms with Crippen LogP contribution in [-0.2, 0) is 0 Å². The quantitative estimate of drug-likeness (QED) is 0.366. The Balaban J connectivity index is 1.93. The number of hydrogen-bond acceptors (Lipinski definition) is 6. The first-order valence-electron chi connectivity index (χ1n) is 7.84. The molecular formula is C18H14N2O6. The van der Waals surface area contributed by atoms with E-state index in [1.165, 1.54) is 36.4 Å². The van der Waals surface area contributed by atoms with Crippen LogP contribution in [0, 0.1) is 10.1 Å². The van der Waals surface area contributed by atoms with Crippen LogP contribution in [0.2, 0.25) is 0 Å². The number of nitro benzene ring substituents is 1. The molecular weight excluding hydrogens is 340 g/mol. The van der Waals surface area contributed by atoms with Crippen molar-refractivity contribution in [3.8, 4) is 0 Å². The summed E-state index contributed by atoms with van der Waals surface area (Å²) in [5.41, 5.74) is 0.383. The normalized spacial score (nSPS) is 13.0. The highest BCUT2D eigenvalue weighted by molar-refractivity contribution is 6.22. The van der Waals surface area contributed by atoms with Crippen molar-refractivity contribution in [2.24, 2.45) is 0 Å². The van der Waals surface area contributed by atoms with Crippen molar-refractivity contribution >= 4 is 23.3 Å². The van der Waals surface area contributed by atoms with Crippen LogP contribution < -0.4 is 0 Å². The molecule has 26 heavy (non-hydrogen) atoms. The maximum Gasteiger partial charge on any atom is 0.270 e. The standard InChI is InChI=1S/C18H14N2O6/c21-8-2-7-19-17(23)14-6-5-12(10-15(14)18(19)24)16(22)11-3-1-4-13(9-11)20(25)26/h1,3-6,9-10,21H,2,7-8H2. The predicted molar refractivity (Wildman–Crippen MR) is 90.0 cm³/mol. The molecule has 1 aliphatic heterocycles. The summed E-state index contributed by atoms with van der Waals surface area (Å²) in [5, 5.41) is 19.7. The van der Waals surface area contributed by atoms with Gasteiger partial charge in [-0.3, -0.25) is 29.4 Å². The van der Waals surface area contributed by atoms with Crippen LogP contribution in [0.4, 0.5) is 5.69 Å². The molecule has 0 atom stereocenters. The van der Waals surface area contributed by atoms with Crippen LogP contribution >= 0.6 is 0 Å². The Labute approximate surface area is 147 Å². The summed E-state index contributed by atoms with van der Waals surface area (Å²) in [6.07, 6.45) is 0.269. The van der Waals surface area contributed by atoms with Crippen molar-refractivity contribution in [1.29, 1.82) is 0 Å². The van der Waals surface area contributed by atoms with E-state index in [2.05, 4.69) is 0 Å². The van der Waals surface area contributed by atoms with E-state index in [4.69, 9.17) is 5.11 Å². The Morgan fingerprint density at radius 2 is 1.73 bits per heavy atom. The van der Waals surface area contributed by atoms with Crippen molar-refractivity contribution in [2.45, 2.75) is 6.42 Å². The van der Waals surface area contributed by atoms with Gasteiger partial charge >= 0.3 is 0 Å². The van der Waals surface area contributed by atoms with Crippen LogP contribution in [-0.4, -0.2) is 45.7 Å². The fraction of sp³-hybridized carbons (Fsp3) is 0.167. The number of amides is 2. The molecule has 0 saturated carbocycles. The lowest BCUT2D eigenvalue weighted by atomic mass is 9.99. The summed E-state index contributed by atoms with van der Waals surface area (Å²) >= 11 is 0. The summed E-state index contributed by atoms with van der Waals surface area (Å²) in [7, 11) is 0. The first kappa shape index (κ1) is 17.4. The second-order valence-corrected chi connectivity index (χ2v) is 5.74. The van der Waals surface area contributed by atoms with Gasteiger partial charge in [0, 0.05) is 36.4 Å². The number of imide groups is 1. The maximum atomic E-state index is 12.6. The van der Waals surface area contributed by atoms with E-state index in [9.17, 15) is 24.5 Å². The molecule has 0 fully saturated rings. The lowest BCUT2D eigenvalue weighted by Gasteiger charge is -2.11. The molecule has 0 radical (unpaired) electrons. The maximum absolute atomic E-state index is 12.6. The summed E-state index contributed by atoms with van der Waals surface area (Å²) in [4.78, 5) is 48.5. The Kier molecular flexibility index (Phi) is 4.59. The lowest BCUT2D eigenvalue weighted by Crippen LogP contribution is -2.31. The number of aliphatic hydroxyl groups excluding tert-OH is 1. The summed E-state index contributed by atoms with van der Waals surface area (Å²) < 4.78 is 0. The minimum atomic E-state index is -0.597. The third-order valence-corrected chi connectivity index (χ3v) is 4.09. The van der Waals surface area contributed by atoms with Gasteiger partial charge in [-0.1, -0.05) is 18.2 Å². The van der Waals surface area contributed by atoms with Crippen LogP contribution in [0.3, 0.4) is 0 Å². The Morgan fingerprint density at radius 1 is 1.04 bits per heavy atom. The first-order valence-corrected chi connectivity index (χ1v) is 7.84. The molecule has 0 spiro atoms. The number of carbonyl (C=O) groups is 3. The number of carbonyl (C=O) groups excluding carboxylic acids is 3. The number of nitro groups is 1. The number of hydrogen-bond donors (Lipinski definition) is 1. The van der Waals surface area contributed by atoms with Crippen molar-refractivity contribution in [3.05, 3.63) is 74.8 Å². The SMILES string of the molecule is O=C(c1cccc([N+](=O)[O-])c1)c1ccc2c(c1)C(=O)N(CCCO)C2=O. The van der Waals surface area contributed by atoms with Gasteiger partial charge in [-0.05, 0) is 18.6 Å². The van der Waals surface area contributed by atoms with Crippen LogP contribution in [0.25, 0.3) is 0 Å². The van der Waals surface area contributed by atoms with Gasteiger partial charge in [0.2, 0.25) is 0 Å². The van der Waals surface area contributed by atoms with E-state index >= 15 is 0 Å². The molecule has 8 nitrogen and oxygen atoms in total. The number of nitrogens with zero attached hydrogens (tertiary/aromatic N) is 2. The third kappa shape index (κ3) is 2.98. The van der Waals surface area contributed by atoms with E-state index in [0.29, 0.717) is 0 Å². The third-order valence-electron chi connectivity index (χ3n) is 4.09. The highest BCUT2D eigenvalue weighted by Crippen LogP contribution is 2.25. The van der Waals surface area contributed by atoms with Gasteiger partial charge in [0.25, 0.3) is 17.5 Å². The van der Waals surface area contributed by atoms with Crippen molar-refractivity contribution in [3.63, 3.8) is 0 Å². The monoisotopic (exact) mass is 354 g/mol. The highest BCUT2D eigenvalue weighted by atomic mass is 16.6. The molecule has 0 saturated heterocycles. The summed E-state index contributed by atoms with van der Waals surface area (Å²) in [6.45, 7) is -0.0546. The Morgan fingerprint density at radius 3 is 2.42 bits per heavy atom.